The second-order valence-corrected chi connectivity index (χ2v) is 6.70. The van der Waals surface area contributed by atoms with Crippen LogP contribution in [0.25, 0.3) is 0 Å². The van der Waals surface area contributed by atoms with Gasteiger partial charge in [0, 0.05) is 23.3 Å². The number of hydrogen-bond donors (Lipinski definition) is 2. The van der Waals surface area contributed by atoms with E-state index in [9.17, 15) is 9.59 Å². The largest absolute Gasteiger partial charge is 0.483 e. The van der Waals surface area contributed by atoms with Gasteiger partial charge >= 0.3 is 0 Å². The fourth-order valence-electron chi connectivity index (χ4n) is 2.47. The maximum atomic E-state index is 12.2. The Balaban J connectivity index is 2.06. The van der Waals surface area contributed by atoms with E-state index >= 15 is 0 Å². The van der Waals surface area contributed by atoms with Crippen molar-refractivity contribution in [3.05, 3.63) is 58.1 Å². The van der Waals surface area contributed by atoms with Gasteiger partial charge < -0.3 is 15.4 Å². The molecule has 0 aliphatic rings. The normalized spacial score (nSPS) is 10.5. The van der Waals surface area contributed by atoms with Crippen molar-refractivity contribution in [2.45, 2.75) is 26.7 Å². The molecule has 0 radical (unpaired) electrons. The summed E-state index contributed by atoms with van der Waals surface area (Å²) in [6, 6.07) is 10.4. The average molecular weight is 375 g/mol. The Kier molecular flexibility index (Phi) is 6.64. The fourth-order valence-corrected chi connectivity index (χ4v) is 2.64. The zero-order valence-electron chi connectivity index (χ0n) is 15.4. The summed E-state index contributed by atoms with van der Waals surface area (Å²) in [7, 11) is 1.56. The second kappa shape index (κ2) is 8.72. The van der Waals surface area contributed by atoms with Gasteiger partial charge in [0.25, 0.3) is 11.8 Å². The van der Waals surface area contributed by atoms with Gasteiger partial charge in [-0.05, 0) is 54.3 Å². The highest BCUT2D eigenvalue weighted by Crippen LogP contribution is 2.32. The van der Waals surface area contributed by atoms with Crippen LogP contribution in [0.3, 0.4) is 0 Å². The molecule has 0 spiro atoms. The minimum atomic E-state index is -0.304. The van der Waals surface area contributed by atoms with Crippen molar-refractivity contribution in [2.75, 3.05) is 19.0 Å². The zero-order chi connectivity index (χ0) is 19.3. The van der Waals surface area contributed by atoms with E-state index in [1.807, 2.05) is 32.9 Å². The highest BCUT2D eigenvalue weighted by atomic mass is 35.5. The van der Waals surface area contributed by atoms with Crippen LogP contribution in [0.4, 0.5) is 5.69 Å². The highest BCUT2D eigenvalue weighted by Gasteiger charge is 2.13. The Morgan fingerprint density at radius 3 is 2.58 bits per heavy atom. The standard InChI is InChI=1S/C20H23ClN2O3/c1-12(2)16-10-17(21)13(3)8-18(16)26-11-19(24)23-15-7-5-6-14(9-15)20(25)22-4/h5-10,12H,11H2,1-4H3,(H,22,25)(H,23,24). The van der Waals surface area contributed by atoms with Gasteiger partial charge in [-0.3, -0.25) is 9.59 Å². The predicted molar refractivity (Wildman–Crippen MR) is 104 cm³/mol. The van der Waals surface area contributed by atoms with Gasteiger partial charge in [-0.15, -0.1) is 0 Å². The molecule has 6 heteroatoms. The molecule has 0 fully saturated rings. The number of ether oxygens (including phenoxy) is 1. The lowest BCUT2D eigenvalue weighted by Gasteiger charge is -2.16. The molecule has 2 aromatic carbocycles. The molecule has 0 atom stereocenters. The van der Waals surface area contributed by atoms with E-state index in [2.05, 4.69) is 10.6 Å². The maximum Gasteiger partial charge on any atom is 0.262 e. The molecule has 0 aliphatic heterocycles. The topological polar surface area (TPSA) is 67.4 Å². The van der Waals surface area contributed by atoms with Crippen LogP contribution in [0.1, 0.15) is 41.3 Å². The van der Waals surface area contributed by atoms with Crippen LogP contribution in [0.5, 0.6) is 5.75 Å². The van der Waals surface area contributed by atoms with Crippen molar-refractivity contribution in [2.24, 2.45) is 0 Å². The molecule has 5 nitrogen and oxygen atoms in total. The van der Waals surface area contributed by atoms with E-state index in [0.29, 0.717) is 22.0 Å². The van der Waals surface area contributed by atoms with Crippen LogP contribution in [-0.4, -0.2) is 25.5 Å². The number of rotatable bonds is 6. The Morgan fingerprint density at radius 2 is 1.92 bits per heavy atom. The number of hydrogen-bond acceptors (Lipinski definition) is 3. The van der Waals surface area contributed by atoms with Crippen molar-refractivity contribution in [1.29, 1.82) is 0 Å². The first-order chi connectivity index (χ1) is 12.3. The van der Waals surface area contributed by atoms with Crippen LogP contribution in [0.15, 0.2) is 36.4 Å². The summed E-state index contributed by atoms with van der Waals surface area (Å²) >= 11 is 6.18. The molecular formula is C20H23ClN2O3. The molecule has 0 heterocycles. The molecule has 0 saturated heterocycles. The summed E-state index contributed by atoms with van der Waals surface area (Å²) in [5, 5.41) is 5.96. The van der Waals surface area contributed by atoms with Crippen molar-refractivity contribution >= 4 is 29.1 Å². The summed E-state index contributed by atoms with van der Waals surface area (Å²) in [5.41, 5.74) is 2.86. The summed E-state index contributed by atoms with van der Waals surface area (Å²) in [6.07, 6.45) is 0. The lowest BCUT2D eigenvalue weighted by molar-refractivity contribution is -0.118. The van der Waals surface area contributed by atoms with Crippen molar-refractivity contribution in [3.8, 4) is 5.75 Å². The summed E-state index contributed by atoms with van der Waals surface area (Å²) in [4.78, 5) is 23.9. The molecular weight excluding hydrogens is 352 g/mol. The van der Waals surface area contributed by atoms with E-state index in [0.717, 1.165) is 11.1 Å². The van der Waals surface area contributed by atoms with Gasteiger partial charge in [0.05, 0.1) is 0 Å². The smallest absolute Gasteiger partial charge is 0.262 e. The first-order valence-electron chi connectivity index (χ1n) is 8.36. The first-order valence-corrected chi connectivity index (χ1v) is 8.74. The van der Waals surface area contributed by atoms with Gasteiger partial charge in [0.2, 0.25) is 0 Å². The summed E-state index contributed by atoms with van der Waals surface area (Å²) in [6.45, 7) is 5.84. The lowest BCUT2D eigenvalue weighted by atomic mass is 10.0. The number of benzene rings is 2. The predicted octanol–water partition coefficient (Wildman–Crippen LogP) is 4.15. The van der Waals surface area contributed by atoms with Crippen LogP contribution < -0.4 is 15.4 Å². The zero-order valence-corrected chi connectivity index (χ0v) is 16.1. The Bertz CT molecular complexity index is 819. The van der Waals surface area contributed by atoms with Crippen LogP contribution in [-0.2, 0) is 4.79 Å². The molecule has 0 unspecified atom stereocenters. The van der Waals surface area contributed by atoms with Crippen LogP contribution in [0, 0.1) is 6.92 Å². The molecule has 0 saturated carbocycles. The minimum Gasteiger partial charge on any atom is -0.483 e. The summed E-state index contributed by atoms with van der Waals surface area (Å²) < 4.78 is 5.72. The van der Waals surface area contributed by atoms with Gasteiger partial charge in [-0.2, -0.15) is 0 Å². The molecule has 2 N–H and O–H groups in total. The number of carbonyl (C=O) groups is 2. The molecule has 0 aliphatic carbocycles. The molecule has 2 rings (SSSR count). The quantitative estimate of drug-likeness (QED) is 0.798. The van der Waals surface area contributed by atoms with Gasteiger partial charge in [-0.1, -0.05) is 31.5 Å². The van der Waals surface area contributed by atoms with Crippen molar-refractivity contribution < 1.29 is 14.3 Å². The minimum absolute atomic E-state index is 0.134. The van der Waals surface area contributed by atoms with Crippen molar-refractivity contribution in [3.63, 3.8) is 0 Å². The SMILES string of the molecule is CNC(=O)c1cccc(NC(=O)COc2cc(C)c(Cl)cc2C(C)C)c1. The van der Waals surface area contributed by atoms with E-state index in [-0.39, 0.29) is 24.3 Å². The Labute approximate surface area is 158 Å². The molecule has 138 valence electrons. The summed E-state index contributed by atoms with van der Waals surface area (Å²) in [5.74, 6) is 0.350. The highest BCUT2D eigenvalue weighted by molar-refractivity contribution is 6.31. The van der Waals surface area contributed by atoms with Crippen LogP contribution in [0.2, 0.25) is 5.02 Å². The molecule has 2 amide bonds. The molecule has 0 aromatic heterocycles. The van der Waals surface area contributed by atoms with E-state index in [4.69, 9.17) is 16.3 Å². The lowest BCUT2D eigenvalue weighted by Crippen LogP contribution is -2.21. The third kappa shape index (κ3) is 4.99. The Hall–Kier alpha value is -2.53. The first kappa shape index (κ1) is 19.8. The number of halogens is 1. The molecule has 0 bridgehead atoms. The number of nitrogens with one attached hydrogen (secondary N) is 2. The van der Waals surface area contributed by atoms with Gasteiger partial charge in [-0.25, -0.2) is 0 Å². The number of aryl methyl sites for hydroxylation is 1. The van der Waals surface area contributed by atoms with Crippen LogP contribution >= 0.6 is 11.6 Å². The number of anilines is 1. The van der Waals surface area contributed by atoms with E-state index < -0.39 is 0 Å². The number of carbonyl (C=O) groups excluding carboxylic acids is 2. The molecule has 2 aromatic rings. The Morgan fingerprint density at radius 1 is 1.19 bits per heavy atom. The van der Waals surface area contributed by atoms with E-state index in [1.54, 1.807) is 31.3 Å². The average Bonchev–Trinajstić information content (AvgIpc) is 2.61. The van der Waals surface area contributed by atoms with Gasteiger partial charge in [0.15, 0.2) is 6.61 Å². The third-order valence-corrected chi connectivity index (χ3v) is 4.31. The van der Waals surface area contributed by atoms with E-state index in [1.165, 1.54) is 0 Å². The number of amides is 2. The van der Waals surface area contributed by atoms with Crippen molar-refractivity contribution in [1.82, 2.24) is 5.32 Å². The fraction of sp³-hybridized carbons (Fsp3) is 0.300. The third-order valence-electron chi connectivity index (χ3n) is 3.91. The van der Waals surface area contributed by atoms with Gasteiger partial charge in [0.1, 0.15) is 5.75 Å². The maximum absolute atomic E-state index is 12.2. The monoisotopic (exact) mass is 374 g/mol. The second-order valence-electron chi connectivity index (χ2n) is 6.29. The molecule has 26 heavy (non-hydrogen) atoms.